The summed E-state index contributed by atoms with van der Waals surface area (Å²) in [6, 6.07) is 5.71. The zero-order chi connectivity index (χ0) is 23.5. The molecule has 9 nitrogen and oxygen atoms in total. The van der Waals surface area contributed by atoms with Gasteiger partial charge in [-0.25, -0.2) is 19.1 Å². The molecule has 0 bridgehead atoms. The van der Waals surface area contributed by atoms with Gasteiger partial charge < -0.3 is 14.8 Å². The van der Waals surface area contributed by atoms with E-state index in [1.54, 1.807) is 42.8 Å². The van der Waals surface area contributed by atoms with Gasteiger partial charge in [0.1, 0.15) is 15.4 Å². The van der Waals surface area contributed by atoms with E-state index in [0.29, 0.717) is 11.2 Å². The van der Waals surface area contributed by atoms with Gasteiger partial charge in [-0.05, 0) is 43.8 Å². The van der Waals surface area contributed by atoms with Gasteiger partial charge in [0.05, 0.1) is 35.5 Å². The van der Waals surface area contributed by atoms with Crippen molar-refractivity contribution in [2.45, 2.75) is 20.8 Å². The highest BCUT2D eigenvalue weighted by molar-refractivity contribution is 7.18. The van der Waals surface area contributed by atoms with Crippen LogP contribution < -0.4 is 5.32 Å². The lowest BCUT2D eigenvalue weighted by atomic mass is 10.1. The van der Waals surface area contributed by atoms with Crippen LogP contribution in [0, 0.1) is 6.92 Å². The fraction of sp³-hybridized carbons (Fsp3) is 0.227. The number of carbonyl (C=O) groups excluding carboxylic acids is 3. The fourth-order valence-corrected chi connectivity index (χ4v) is 5.09. The van der Waals surface area contributed by atoms with Crippen LogP contribution in [0.2, 0.25) is 0 Å². The summed E-state index contributed by atoms with van der Waals surface area (Å²) < 4.78 is 11.8. The largest absolute Gasteiger partial charge is 0.462 e. The summed E-state index contributed by atoms with van der Waals surface area (Å²) in [4.78, 5) is 43.6. The van der Waals surface area contributed by atoms with Crippen LogP contribution >= 0.6 is 22.7 Å². The van der Waals surface area contributed by atoms with E-state index in [1.807, 2.05) is 23.6 Å². The van der Waals surface area contributed by atoms with Crippen LogP contribution in [-0.2, 0) is 9.47 Å². The first-order valence-corrected chi connectivity index (χ1v) is 11.8. The molecule has 11 heteroatoms. The van der Waals surface area contributed by atoms with E-state index in [0.717, 1.165) is 21.9 Å². The Labute approximate surface area is 197 Å². The minimum Gasteiger partial charge on any atom is -0.462 e. The molecule has 0 aliphatic heterocycles. The lowest BCUT2D eigenvalue weighted by Crippen LogP contribution is -2.15. The van der Waals surface area contributed by atoms with Gasteiger partial charge in [-0.2, -0.15) is 5.10 Å². The summed E-state index contributed by atoms with van der Waals surface area (Å²) in [5, 5.41) is 9.23. The van der Waals surface area contributed by atoms with Crippen LogP contribution in [-0.4, -0.2) is 45.7 Å². The number of nitrogens with zero attached hydrogens (tertiary/aromatic N) is 3. The maximum absolute atomic E-state index is 13.2. The summed E-state index contributed by atoms with van der Waals surface area (Å²) >= 11 is 2.52. The lowest BCUT2D eigenvalue weighted by Gasteiger charge is -2.07. The lowest BCUT2D eigenvalue weighted by molar-refractivity contribution is 0.0527. The number of rotatable bonds is 7. The summed E-state index contributed by atoms with van der Waals surface area (Å²) in [5.74, 6) is -1.71. The first kappa shape index (κ1) is 22.6. The third-order valence-electron chi connectivity index (χ3n) is 4.73. The predicted molar refractivity (Wildman–Crippen MR) is 125 cm³/mol. The van der Waals surface area contributed by atoms with Gasteiger partial charge in [0.2, 0.25) is 0 Å². The van der Waals surface area contributed by atoms with Crippen LogP contribution in [0.15, 0.2) is 36.0 Å². The van der Waals surface area contributed by atoms with Crippen LogP contribution in [0.3, 0.4) is 0 Å². The average Bonchev–Trinajstić information content (AvgIpc) is 3.53. The number of aromatic nitrogens is 3. The SMILES string of the molecule is CCOC(=O)c1sc(NC(=O)c2cnn3c(-c4cccs4)ccnc23)c(C(=O)OCC)c1C. The number of hydrogen-bond acceptors (Lipinski definition) is 9. The molecule has 0 aliphatic carbocycles. The number of fused-ring (bicyclic) bond motifs is 1. The first-order valence-electron chi connectivity index (χ1n) is 10.1. The number of hydrogen-bond donors (Lipinski definition) is 1. The molecule has 0 fully saturated rings. The average molecular weight is 485 g/mol. The van der Waals surface area contributed by atoms with Crippen molar-refractivity contribution in [2.75, 3.05) is 18.5 Å². The fourth-order valence-electron chi connectivity index (χ4n) is 3.27. The van der Waals surface area contributed by atoms with Crippen LogP contribution in [0.4, 0.5) is 5.00 Å². The van der Waals surface area contributed by atoms with Gasteiger partial charge in [-0.3, -0.25) is 4.79 Å². The van der Waals surface area contributed by atoms with Gasteiger partial charge in [0.25, 0.3) is 5.91 Å². The van der Waals surface area contributed by atoms with Gasteiger partial charge in [-0.1, -0.05) is 6.07 Å². The maximum Gasteiger partial charge on any atom is 0.348 e. The summed E-state index contributed by atoms with van der Waals surface area (Å²) in [7, 11) is 0. The van der Waals surface area contributed by atoms with Crippen molar-refractivity contribution in [1.29, 1.82) is 0 Å². The Morgan fingerprint density at radius 2 is 1.88 bits per heavy atom. The molecule has 0 radical (unpaired) electrons. The number of anilines is 1. The van der Waals surface area contributed by atoms with Crippen LogP contribution in [0.25, 0.3) is 16.2 Å². The van der Waals surface area contributed by atoms with E-state index in [9.17, 15) is 14.4 Å². The van der Waals surface area contributed by atoms with Crippen LogP contribution in [0.5, 0.6) is 0 Å². The molecule has 4 heterocycles. The van der Waals surface area contributed by atoms with Crippen molar-refractivity contribution in [3.05, 3.63) is 57.5 Å². The third kappa shape index (κ3) is 4.24. The van der Waals surface area contributed by atoms with Gasteiger partial charge in [0.15, 0.2) is 5.65 Å². The molecule has 1 N–H and O–H groups in total. The van der Waals surface area contributed by atoms with Crippen molar-refractivity contribution >= 4 is 51.2 Å². The molecule has 0 aliphatic rings. The Kier molecular flexibility index (Phi) is 6.52. The number of ether oxygens (including phenoxy) is 2. The van der Waals surface area contributed by atoms with E-state index < -0.39 is 17.8 Å². The Balaban J connectivity index is 1.72. The molecule has 1 amide bonds. The topological polar surface area (TPSA) is 112 Å². The molecular formula is C22H20N4O5S2. The quantitative estimate of drug-likeness (QED) is 0.386. The second kappa shape index (κ2) is 9.51. The highest BCUT2D eigenvalue weighted by Gasteiger charge is 2.28. The minimum absolute atomic E-state index is 0.127. The number of amides is 1. The number of carbonyl (C=O) groups is 3. The summed E-state index contributed by atoms with van der Waals surface area (Å²) in [6.07, 6.45) is 3.03. The third-order valence-corrected chi connectivity index (χ3v) is 6.81. The molecular weight excluding hydrogens is 464 g/mol. The van der Waals surface area contributed by atoms with Gasteiger partial charge in [0, 0.05) is 6.20 Å². The number of thiophene rings is 2. The Morgan fingerprint density at radius 3 is 2.58 bits per heavy atom. The Morgan fingerprint density at radius 1 is 1.12 bits per heavy atom. The van der Waals surface area contributed by atoms with Crippen molar-refractivity contribution in [1.82, 2.24) is 14.6 Å². The smallest absolute Gasteiger partial charge is 0.348 e. The standard InChI is InChI=1S/C22H20N4O5S2/c1-4-30-21(28)16-12(3)17(22(29)31-5-2)33-20(16)25-19(27)13-11-24-26-14(8-9-23-18(13)26)15-7-6-10-32-15/h6-11H,4-5H2,1-3H3,(H,25,27). The highest BCUT2D eigenvalue weighted by atomic mass is 32.1. The molecule has 0 saturated carbocycles. The van der Waals surface area contributed by atoms with Crippen molar-refractivity contribution in [3.63, 3.8) is 0 Å². The molecule has 33 heavy (non-hydrogen) atoms. The molecule has 0 spiro atoms. The monoisotopic (exact) mass is 484 g/mol. The molecule has 0 atom stereocenters. The molecule has 4 aromatic rings. The van der Waals surface area contributed by atoms with Crippen molar-refractivity contribution in [3.8, 4) is 10.6 Å². The zero-order valence-corrected chi connectivity index (χ0v) is 19.7. The number of esters is 2. The Hall–Kier alpha value is -3.57. The van der Waals surface area contributed by atoms with Gasteiger partial charge in [-0.15, -0.1) is 22.7 Å². The first-order chi connectivity index (χ1) is 16.0. The number of nitrogens with one attached hydrogen (secondary N) is 1. The zero-order valence-electron chi connectivity index (χ0n) is 18.1. The van der Waals surface area contributed by atoms with Gasteiger partial charge >= 0.3 is 11.9 Å². The highest BCUT2D eigenvalue weighted by Crippen LogP contribution is 2.35. The molecule has 0 aromatic carbocycles. The minimum atomic E-state index is -0.630. The summed E-state index contributed by atoms with van der Waals surface area (Å²) in [5.41, 5.74) is 1.92. The van der Waals surface area contributed by atoms with Crippen molar-refractivity contribution in [2.24, 2.45) is 0 Å². The van der Waals surface area contributed by atoms with E-state index in [2.05, 4.69) is 15.4 Å². The van der Waals surface area contributed by atoms with E-state index in [1.165, 1.54) is 6.20 Å². The Bertz CT molecular complexity index is 1340. The maximum atomic E-state index is 13.2. The van der Waals surface area contributed by atoms with E-state index >= 15 is 0 Å². The van der Waals surface area contributed by atoms with Crippen LogP contribution in [0.1, 0.15) is 49.8 Å². The predicted octanol–water partition coefficient (Wildman–Crippen LogP) is 4.43. The molecule has 4 aromatic heterocycles. The molecule has 170 valence electrons. The van der Waals surface area contributed by atoms with E-state index in [-0.39, 0.29) is 34.2 Å². The van der Waals surface area contributed by atoms with E-state index in [4.69, 9.17) is 9.47 Å². The second-order valence-electron chi connectivity index (χ2n) is 6.76. The summed E-state index contributed by atoms with van der Waals surface area (Å²) in [6.45, 7) is 5.33. The second-order valence-corrected chi connectivity index (χ2v) is 8.72. The normalized spacial score (nSPS) is 10.9. The molecule has 0 unspecified atom stereocenters. The van der Waals surface area contributed by atoms with Crippen molar-refractivity contribution < 1.29 is 23.9 Å². The molecule has 0 saturated heterocycles. The molecule has 4 rings (SSSR count).